The number of ether oxygens (including phenoxy) is 1. The molecule has 2 amide bonds. The van der Waals surface area contributed by atoms with Gasteiger partial charge in [-0.25, -0.2) is 4.79 Å². The molecule has 8 heteroatoms. The highest BCUT2D eigenvalue weighted by atomic mass is 79.9. The van der Waals surface area contributed by atoms with Crippen molar-refractivity contribution in [3.63, 3.8) is 0 Å². The number of aryl methyl sites for hydroxylation is 1. The highest BCUT2D eigenvalue weighted by molar-refractivity contribution is 9.10. The van der Waals surface area contributed by atoms with E-state index >= 15 is 0 Å². The summed E-state index contributed by atoms with van der Waals surface area (Å²) in [4.78, 5) is 12.3. The van der Waals surface area contributed by atoms with Crippen LogP contribution in [0, 0.1) is 0 Å². The minimum atomic E-state index is -0.350. The fraction of sp³-hybridized carbons (Fsp3) is 0.158. The van der Waals surface area contributed by atoms with Gasteiger partial charge in [-0.2, -0.15) is 5.10 Å². The monoisotopic (exact) mass is 448 g/mol. The van der Waals surface area contributed by atoms with Crippen LogP contribution < -0.4 is 15.4 Å². The van der Waals surface area contributed by atoms with Gasteiger partial charge >= 0.3 is 6.03 Å². The molecule has 1 heterocycles. The fourth-order valence-electron chi connectivity index (χ4n) is 2.61. The molecule has 6 nitrogen and oxygen atoms in total. The molecule has 27 heavy (non-hydrogen) atoms. The van der Waals surface area contributed by atoms with E-state index in [1.54, 1.807) is 41.2 Å². The zero-order valence-electron chi connectivity index (χ0n) is 14.8. The van der Waals surface area contributed by atoms with E-state index in [9.17, 15) is 4.79 Å². The summed E-state index contributed by atoms with van der Waals surface area (Å²) in [5.41, 5.74) is 2.97. The minimum absolute atomic E-state index is 0.350. The molecule has 0 aliphatic heterocycles. The van der Waals surface area contributed by atoms with Gasteiger partial charge in [0.15, 0.2) is 0 Å². The molecular formula is C19H18BrClN4O2. The number of nitrogens with zero attached hydrogens (tertiary/aromatic N) is 2. The van der Waals surface area contributed by atoms with Crippen LogP contribution in [0.5, 0.6) is 5.75 Å². The first kappa shape index (κ1) is 19.3. The number of urea groups is 1. The molecule has 2 aromatic carbocycles. The highest BCUT2D eigenvalue weighted by Crippen LogP contribution is 2.36. The highest BCUT2D eigenvalue weighted by Gasteiger charge is 2.16. The van der Waals surface area contributed by atoms with Crippen LogP contribution in [0.15, 0.2) is 53.1 Å². The number of amides is 2. The van der Waals surface area contributed by atoms with Gasteiger partial charge in [-0.1, -0.05) is 11.6 Å². The Balaban J connectivity index is 1.85. The molecule has 0 aliphatic carbocycles. The first-order chi connectivity index (χ1) is 13.0. The lowest BCUT2D eigenvalue weighted by Crippen LogP contribution is -2.19. The minimum Gasteiger partial charge on any atom is -0.493 e. The van der Waals surface area contributed by atoms with E-state index < -0.39 is 0 Å². The summed E-state index contributed by atoms with van der Waals surface area (Å²) in [6.45, 7) is 2.46. The van der Waals surface area contributed by atoms with Gasteiger partial charge in [0, 0.05) is 29.0 Å². The van der Waals surface area contributed by atoms with Crippen molar-refractivity contribution in [2.45, 2.75) is 6.92 Å². The summed E-state index contributed by atoms with van der Waals surface area (Å²) in [7, 11) is 1.85. The molecule has 0 unspecified atom stereocenters. The lowest BCUT2D eigenvalue weighted by Gasteiger charge is -2.14. The molecule has 3 rings (SSSR count). The molecule has 0 aliphatic rings. The van der Waals surface area contributed by atoms with Crippen molar-refractivity contribution in [2.75, 3.05) is 17.2 Å². The Morgan fingerprint density at radius 3 is 2.48 bits per heavy atom. The third kappa shape index (κ3) is 4.61. The van der Waals surface area contributed by atoms with E-state index in [2.05, 4.69) is 31.7 Å². The topological polar surface area (TPSA) is 68.2 Å². The second kappa shape index (κ2) is 8.45. The first-order valence-corrected chi connectivity index (χ1v) is 9.43. The van der Waals surface area contributed by atoms with Crippen molar-refractivity contribution < 1.29 is 9.53 Å². The number of rotatable bonds is 5. The lowest BCUT2D eigenvalue weighted by atomic mass is 10.1. The summed E-state index contributed by atoms with van der Waals surface area (Å²) in [5, 5.41) is 10.5. The van der Waals surface area contributed by atoms with Gasteiger partial charge in [-0.15, -0.1) is 0 Å². The van der Waals surface area contributed by atoms with E-state index in [0.717, 1.165) is 15.7 Å². The summed E-state index contributed by atoms with van der Waals surface area (Å²) in [6.07, 6.45) is 1.72. The Hall–Kier alpha value is -2.51. The van der Waals surface area contributed by atoms with Gasteiger partial charge in [0.1, 0.15) is 5.75 Å². The van der Waals surface area contributed by atoms with Crippen LogP contribution in [0.1, 0.15) is 6.92 Å². The van der Waals surface area contributed by atoms with E-state index in [1.165, 1.54) is 0 Å². The molecule has 0 bridgehead atoms. The van der Waals surface area contributed by atoms with Crippen LogP contribution in [0.25, 0.3) is 11.3 Å². The molecule has 0 radical (unpaired) electrons. The number of carbonyl (C=O) groups excluding carboxylic acids is 1. The Labute approximate surface area is 170 Å². The van der Waals surface area contributed by atoms with Gasteiger partial charge in [0.05, 0.1) is 23.0 Å². The van der Waals surface area contributed by atoms with Gasteiger partial charge in [0.25, 0.3) is 0 Å². The van der Waals surface area contributed by atoms with Crippen molar-refractivity contribution in [2.24, 2.45) is 7.05 Å². The van der Waals surface area contributed by atoms with Crippen LogP contribution in [0.2, 0.25) is 5.02 Å². The SMILES string of the molecule is CCOc1ccc(NC(=O)Nc2ccc(Cl)cc2)cc1-c1c(Br)cnn1C. The molecule has 3 aromatic rings. The Morgan fingerprint density at radius 1 is 1.19 bits per heavy atom. The summed E-state index contributed by atoms with van der Waals surface area (Å²) in [5.74, 6) is 0.713. The van der Waals surface area contributed by atoms with Crippen molar-refractivity contribution in [3.8, 4) is 17.0 Å². The zero-order valence-corrected chi connectivity index (χ0v) is 17.1. The van der Waals surface area contributed by atoms with Gasteiger partial charge in [-0.3, -0.25) is 4.68 Å². The molecule has 140 valence electrons. The van der Waals surface area contributed by atoms with Crippen molar-refractivity contribution in [1.82, 2.24) is 9.78 Å². The molecule has 0 atom stereocenters. The summed E-state index contributed by atoms with van der Waals surface area (Å²) in [6, 6.07) is 12.0. The van der Waals surface area contributed by atoms with Crippen molar-refractivity contribution >= 4 is 44.9 Å². The summed E-state index contributed by atoms with van der Waals surface area (Å²) < 4.78 is 8.33. The lowest BCUT2D eigenvalue weighted by molar-refractivity contribution is 0.262. The number of aromatic nitrogens is 2. The van der Waals surface area contributed by atoms with E-state index in [1.807, 2.05) is 26.1 Å². The molecule has 0 fully saturated rings. The predicted octanol–water partition coefficient (Wildman–Crippen LogP) is 5.55. The molecule has 1 aromatic heterocycles. The van der Waals surface area contributed by atoms with Crippen LogP contribution in [-0.4, -0.2) is 22.4 Å². The predicted molar refractivity (Wildman–Crippen MR) is 112 cm³/mol. The summed E-state index contributed by atoms with van der Waals surface area (Å²) >= 11 is 9.37. The zero-order chi connectivity index (χ0) is 19.4. The van der Waals surface area contributed by atoms with E-state index in [4.69, 9.17) is 16.3 Å². The van der Waals surface area contributed by atoms with Crippen LogP contribution in [0.4, 0.5) is 16.2 Å². The Bertz CT molecular complexity index is 937. The number of hydrogen-bond acceptors (Lipinski definition) is 3. The average molecular weight is 450 g/mol. The third-order valence-electron chi connectivity index (χ3n) is 3.79. The molecule has 0 spiro atoms. The van der Waals surface area contributed by atoms with Gasteiger partial charge in [0.2, 0.25) is 0 Å². The Morgan fingerprint density at radius 2 is 1.85 bits per heavy atom. The number of anilines is 2. The number of halogens is 2. The van der Waals surface area contributed by atoms with Gasteiger partial charge < -0.3 is 15.4 Å². The second-order valence-electron chi connectivity index (χ2n) is 5.69. The standard InChI is InChI=1S/C19H18BrClN4O2/c1-3-27-17-9-8-14(10-15(17)18-16(20)11-22-25(18)2)24-19(26)23-13-6-4-12(21)5-7-13/h4-11H,3H2,1-2H3,(H2,23,24,26). The largest absolute Gasteiger partial charge is 0.493 e. The maximum Gasteiger partial charge on any atom is 0.323 e. The second-order valence-corrected chi connectivity index (χ2v) is 6.99. The van der Waals surface area contributed by atoms with Crippen LogP contribution in [0.3, 0.4) is 0 Å². The maximum atomic E-state index is 12.3. The number of hydrogen-bond donors (Lipinski definition) is 2. The third-order valence-corrected chi connectivity index (χ3v) is 4.62. The molecule has 0 saturated carbocycles. The first-order valence-electron chi connectivity index (χ1n) is 8.26. The normalized spacial score (nSPS) is 10.5. The Kier molecular flexibility index (Phi) is 6.03. The van der Waals surface area contributed by atoms with E-state index in [0.29, 0.717) is 28.8 Å². The van der Waals surface area contributed by atoms with Crippen molar-refractivity contribution in [1.29, 1.82) is 0 Å². The molecule has 0 saturated heterocycles. The molecule has 2 N–H and O–H groups in total. The maximum absolute atomic E-state index is 12.3. The van der Waals surface area contributed by atoms with Gasteiger partial charge in [-0.05, 0) is 65.3 Å². The molecular weight excluding hydrogens is 432 g/mol. The fourth-order valence-corrected chi connectivity index (χ4v) is 3.30. The van der Waals surface area contributed by atoms with Crippen molar-refractivity contribution in [3.05, 3.63) is 58.2 Å². The number of benzene rings is 2. The van der Waals surface area contributed by atoms with E-state index in [-0.39, 0.29) is 6.03 Å². The van der Waals surface area contributed by atoms with Crippen LogP contribution in [-0.2, 0) is 7.05 Å². The smallest absolute Gasteiger partial charge is 0.323 e. The van der Waals surface area contributed by atoms with Crippen LogP contribution >= 0.6 is 27.5 Å². The quantitative estimate of drug-likeness (QED) is 0.537. The number of nitrogens with one attached hydrogen (secondary N) is 2. The number of carbonyl (C=O) groups is 1. The average Bonchev–Trinajstić information content (AvgIpc) is 2.97.